The van der Waals surface area contributed by atoms with Gasteiger partial charge in [-0.25, -0.2) is 0 Å². The Kier molecular flexibility index (Phi) is 7.03. The van der Waals surface area contributed by atoms with Gasteiger partial charge in [-0.3, -0.25) is 14.5 Å². The molecular formula is C27H34N2O4. The second-order valence-electron chi connectivity index (χ2n) is 9.70. The molecule has 0 spiro atoms. The molecule has 2 unspecified atom stereocenters. The number of carboxylic acids is 1. The highest BCUT2D eigenvalue weighted by Gasteiger charge is 2.49. The van der Waals surface area contributed by atoms with Crippen molar-refractivity contribution in [2.75, 3.05) is 19.6 Å². The Balaban J connectivity index is 1.53. The lowest BCUT2D eigenvalue weighted by atomic mass is 9.57. The van der Waals surface area contributed by atoms with Gasteiger partial charge in [-0.1, -0.05) is 55.8 Å². The van der Waals surface area contributed by atoms with E-state index in [0.29, 0.717) is 30.7 Å². The Morgan fingerprint density at radius 2 is 1.94 bits per heavy atom. The van der Waals surface area contributed by atoms with Crippen LogP contribution in [0.25, 0.3) is 0 Å². The van der Waals surface area contributed by atoms with Crippen LogP contribution in [0.2, 0.25) is 0 Å². The Bertz CT molecular complexity index is 979. The Labute approximate surface area is 195 Å². The summed E-state index contributed by atoms with van der Waals surface area (Å²) in [5.74, 6) is -0.821. The van der Waals surface area contributed by atoms with Crippen LogP contribution in [0.15, 0.2) is 54.6 Å². The van der Waals surface area contributed by atoms with Gasteiger partial charge in [-0.15, -0.1) is 0 Å². The van der Waals surface area contributed by atoms with E-state index in [4.69, 9.17) is 5.11 Å². The number of hydrogen-bond donors (Lipinski definition) is 3. The van der Waals surface area contributed by atoms with Crippen LogP contribution in [0.1, 0.15) is 43.7 Å². The summed E-state index contributed by atoms with van der Waals surface area (Å²) >= 11 is 0. The van der Waals surface area contributed by atoms with Crippen molar-refractivity contribution < 1.29 is 19.8 Å². The van der Waals surface area contributed by atoms with Gasteiger partial charge in [0, 0.05) is 18.0 Å². The molecule has 1 heterocycles. The number of hydrogen-bond acceptors (Lipinski definition) is 4. The van der Waals surface area contributed by atoms with Crippen molar-refractivity contribution in [3.05, 3.63) is 65.7 Å². The Morgan fingerprint density at radius 1 is 1.15 bits per heavy atom. The molecule has 4 atom stereocenters. The molecule has 1 amide bonds. The molecule has 176 valence electrons. The number of amides is 1. The van der Waals surface area contributed by atoms with Gasteiger partial charge in [0.2, 0.25) is 5.91 Å². The fourth-order valence-corrected chi connectivity index (χ4v) is 6.16. The predicted octanol–water partition coefficient (Wildman–Crippen LogP) is 3.58. The van der Waals surface area contributed by atoms with Gasteiger partial charge in [0.15, 0.2) is 0 Å². The molecule has 6 nitrogen and oxygen atoms in total. The first kappa shape index (κ1) is 23.3. The molecule has 0 aromatic heterocycles. The molecule has 0 radical (unpaired) electrons. The highest BCUT2D eigenvalue weighted by atomic mass is 16.4. The number of rotatable bonds is 8. The molecule has 1 saturated carbocycles. The van der Waals surface area contributed by atoms with Gasteiger partial charge in [-0.05, 0) is 61.4 Å². The third-order valence-corrected chi connectivity index (χ3v) is 7.87. The summed E-state index contributed by atoms with van der Waals surface area (Å²) < 4.78 is 0. The van der Waals surface area contributed by atoms with E-state index in [2.05, 4.69) is 23.2 Å². The van der Waals surface area contributed by atoms with Crippen LogP contribution < -0.4 is 5.32 Å². The number of likely N-dealkylation sites (tertiary alicyclic amines) is 1. The number of aromatic hydroxyl groups is 1. The number of piperidine rings is 1. The number of carbonyl (C=O) groups is 2. The lowest BCUT2D eigenvalue weighted by molar-refractivity contribution is -0.138. The summed E-state index contributed by atoms with van der Waals surface area (Å²) in [7, 11) is 0. The van der Waals surface area contributed by atoms with E-state index in [1.807, 2.05) is 42.5 Å². The van der Waals surface area contributed by atoms with Crippen molar-refractivity contribution in [1.82, 2.24) is 10.2 Å². The van der Waals surface area contributed by atoms with E-state index in [1.54, 1.807) is 6.07 Å². The molecule has 1 saturated heterocycles. The number of fused-ring (bicyclic) bond motifs is 2. The van der Waals surface area contributed by atoms with Gasteiger partial charge >= 0.3 is 5.97 Å². The number of aliphatic carboxylic acids is 1. The van der Waals surface area contributed by atoms with Gasteiger partial charge in [0.1, 0.15) is 12.3 Å². The summed E-state index contributed by atoms with van der Waals surface area (Å²) in [6, 6.07) is 18.0. The minimum absolute atomic E-state index is 0.0542. The maximum absolute atomic E-state index is 13.0. The topological polar surface area (TPSA) is 89.9 Å². The van der Waals surface area contributed by atoms with Crippen molar-refractivity contribution in [3.8, 4) is 5.75 Å². The number of carboxylic acid groups (broad SMARTS) is 1. The number of nitrogens with one attached hydrogen (secondary N) is 1. The van der Waals surface area contributed by atoms with E-state index in [0.717, 1.165) is 37.8 Å². The molecule has 2 aromatic rings. The molecule has 2 fully saturated rings. The van der Waals surface area contributed by atoms with E-state index >= 15 is 0 Å². The fourth-order valence-electron chi connectivity index (χ4n) is 6.16. The average Bonchev–Trinajstić information content (AvgIpc) is 2.79. The maximum Gasteiger partial charge on any atom is 0.322 e. The van der Waals surface area contributed by atoms with Crippen LogP contribution in [0.3, 0.4) is 0 Å². The summed E-state index contributed by atoms with van der Waals surface area (Å²) in [5, 5.41) is 21.7. The first-order valence-corrected chi connectivity index (χ1v) is 12.0. The lowest BCUT2D eigenvalue weighted by Gasteiger charge is -2.56. The lowest BCUT2D eigenvalue weighted by Crippen LogP contribution is -2.59. The van der Waals surface area contributed by atoms with Crippen LogP contribution >= 0.6 is 0 Å². The highest BCUT2D eigenvalue weighted by molar-refractivity contribution is 5.83. The summed E-state index contributed by atoms with van der Waals surface area (Å²) in [5.41, 5.74) is 2.36. The fraction of sp³-hybridized carbons (Fsp3) is 0.481. The first-order valence-electron chi connectivity index (χ1n) is 12.0. The number of phenols is 1. The van der Waals surface area contributed by atoms with Crippen LogP contribution in [-0.4, -0.2) is 52.7 Å². The molecular weight excluding hydrogens is 416 g/mol. The largest absolute Gasteiger partial charge is 0.508 e. The summed E-state index contributed by atoms with van der Waals surface area (Å²) in [4.78, 5) is 26.4. The second kappa shape index (κ2) is 9.96. The van der Waals surface area contributed by atoms with Crippen molar-refractivity contribution in [2.45, 2.75) is 50.5 Å². The molecule has 3 N–H and O–H groups in total. The zero-order valence-corrected chi connectivity index (χ0v) is 19.2. The van der Waals surface area contributed by atoms with Crippen molar-refractivity contribution in [3.63, 3.8) is 0 Å². The van der Waals surface area contributed by atoms with Crippen molar-refractivity contribution in [1.29, 1.82) is 0 Å². The van der Waals surface area contributed by atoms with E-state index in [1.165, 1.54) is 5.56 Å². The summed E-state index contributed by atoms with van der Waals surface area (Å²) in [6.07, 6.45) is 4.91. The SMILES string of the molecule is C[C@H]1C2CCCC1(c1cccc(O)c1)CCN2C[C@H](Cc1ccccc1)C(=O)NCC(=O)O. The van der Waals surface area contributed by atoms with Crippen LogP contribution in [0.5, 0.6) is 5.75 Å². The third-order valence-electron chi connectivity index (χ3n) is 7.87. The monoisotopic (exact) mass is 450 g/mol. The number of phenolic OH excluding ortho intramolecular Hbond substituents is 1. The number of nitrogens with zero attached hydrogens (tertiary/aromatic N) is 1. The van der Waals surface area contributed by atoms with Gasteiger partial charge in [0.25, 0.3) is 0 Å². The van der Waals surface area contributed by atoms with E-state index < -0.39 is 5.97 Å². The minimum atomic E-state index is -1.03. The molecule has 1 aliphatic carbocycles. The molecule has 2 bridgehead atoms. The normalized spacial score (nSPS) is 25.8. The third kappa shape index (κ3) is 5.06. The number of benzene rings is 2. The standard InChI is InChI=1S/C27H34N2O4/c1-19-24-11-6-12-27(19,22-9-5-10-23(30)16-22)13-14-29(24)18-21(26(33)28-17-25(31)32)15-20-7-3-2-4-8-20/h2-5,7-10,16,19,21,24,30H,6,11-15,17-18H2,1H3,(H,28,33)(H,31,32)/t19-,21-,24?,27?/m0/s1. The first-order chi connectivity index (χ1) is 15.9. The molecule has 1 aliphatic heterocycles. The van der Waals surface area contributed by atoms with Crippen LogP contribution in [0.4, 0.5) is 0 Å². The Morgan fingerprint density at radius 3 is 2.67 bits per heavy atom. The van der Waals surface area contributed by atoms with Gasteiger partial charge in [0.05, 0.1) is 5.92 Å². The highest BCUT2D eigenvalue weighted by Crippen LogP contribution is 2.51. The van der Waals surface area contributed by atoms with Gasteiger partial charge < -0.3 is 15.5 Å². The second-order valence-corrected chi connectivity index (χ2v) is 9.70. The van der Waals surface area contributed by atoms with E-state index in [9.17, 15) is 14.7 Å². The van der Waals surface area contributed by atoms with E-state index in [-0.39, 0.29) is 23.8 Å². The smallest absolute Gasteiger partial charge is 0.322 e. The zero-order valence-electron chi connectivity index (χ0n) is 19.2. The van der Waals surface area contributed by atoms with Crippen molar-refractivity contribution >= 4 is 11.9 Å². The maximum atomic E-state index is 13.0. The van der Waals surface area contributed by atoms with Crippen molar-refractivity contribution in [2.24, 2.45) is 11.8 Å². The minimum Gasteiger partial charge on any atom is -0.508 e. The summed E-state index contributed by atoms with van der Waals surface area (Å²) in [6.45, 7) is 3.47. The molecule has 2 aliphatic rings. The zero-order chi connectivity index (χ0) is 23.4. The number of carbonyl (C=O) groups excluding carboxylic acids is 1. The quantitative estimate of drug-likeness (QED) is 0.572. The molecule has 4 rings (SSSR count). The Hall–Kier alpha value is -2.86. The van der Waals surface area contributed by atoms with Crippen LogP contribution in [-0.2, 0) is 21.4 Å². The predicted molar refractivity (Wildman–Crippen MR) is 127 cm³/mol. The van der Waals surface area contributed by atoms with Gasteiger partial charge in [-0.2, -0.15) is 0 Å². The van der Waals surface area contributed by atoms with Crippen LogP contribution in [0, 0.1) is 11.8 Å². The molecule has 33 heavy (non-hydrogen) atoms. The average molecular weight is 451 g/mol. The molecule has 2 aromatic carbocycles. The molecule has 6 heteroatoms.